The summed E-state index contributed by atoms with van der Waals surface area (Å²) in [6, 6.07) is 3.24. The Morgan fingerprint density at radius 3 is 2.77 bits per heavy atom. The van der Waals surface area contributed by atoms with Crippen LogP contribution in [0.4, 0.5) is 5.69 Å². The molecule has 1 amide bonds. The standard InChI is InChI=1S/C15H21ClN2O4/c1-20-13-7-14(21-2)12(6-11(13)16)18-15(19)9-17-8-10-4-3-5-22-10/h6-7,10,17H,3-5,8-9H2,1-2H3,(H,18,19). The Hall–Kier alpha value is -1.50. The third-order valence-electron chi connectivity index (χ3n) is 3.43. The van der Waals surface area contributed by atoms with E-state index in [-0.39, 0.29) is 18.6 Å². The van der Waals surface area contributed by atoms with Gasteiger partial charge in [-0.3, -0.25) is 4.79 Å². The zero-order valence-electron chi connectivity index (χ0n) is 12.8. The lowest BCUT2D eigenvalue weighted by Gasteiger charge is -2.14. The average Bonchev–Trinajstić information content (AvgIpc) is 3.01. The molecule has 122 valence electrons. The molecule has 6 nitrogen and oxygen atoms in total. The first-order chi connectivity index (χ1) is 10.6. The van der Waals surface area contributed by atoms with Crippen LogP contribution in [-0.2, 0) is 9.53 Å². The number of halogens is 1. The molecule has 0 saturated carbocycles. The molecule has 0 aromatic heterocycles. The molecule has 1 aliphatic rings. The predicted octanol–water partition coefficient (Wildman–Crippen LogP) is 2.06. The van der Waals surface area contributed by atoms with E-state index >= 15 is 0 Å². The van der Waals surface area contributed by atoms with Gasteiger partial charge in [-0.2, -0.15) is 0 Å². The lowest BCUT2D eigenvalue weighted by atomic mass is 10.2. The van der Waals surface area contributed by atoms with Gasteiger partial charge in [-0.15, -0.1) is 0 Å². The van der Waals surface area contributed by atoms with Gasteiger partial charge in [0.25, 0.3) is 0 Å². The van der Waals surface area contributed by atoms with Crippen molar-refractivity contribution in [3.05, 3.63) is 17.2 Å². The lowest BCUT2D eigenvalue weighted by molar-refractivity contribution is -0.115. The van der Waals surface area contributed by atoms with Crippen molar-refractivity contribution in [2.24, 2.45) is 0 Å². The second-order valence-electron chi connectivity index (χ2n) is 5.00. The molecule has 1 aliphatic heterocycles. The number of rotatable bonds is 7. The van der Waals surface area contributed by atoms with E-state index < -0.39 is 0 Å². The second kappa shape index (κ2) is 8.22. The van der Waals surface area contributed by atoms with Gasteiger partial charge < -0.3 is 24.8 Å². The van der Waals surface area contributed by atoms with Crippen molar-refractivity contribution in [1.82, 2.24) is 5.32 Å². The fraction of sp³-hybridized carbons (Fsp3) is 0.533. The molecule has 2 rings (SSSR count). The number of benzene rings is 1. The molecule has 7 heteroatoms. The molecule has 0 spiro atoms. The number of methoxy groups -OCH3 is 2. The largest absolute Gasteiger partial charge is 0.495 e. The lowest BCUT2D eigenvalue weighted by Crippen LogP contribution is -2.33. The van der Waals surface area contributed by atoms with Crippen LogP contribution in [0.15, 0.2) is 12.1 Å². The van der Waals surface area contributed by atoms with Gasteiger partial charge in [0.05, 0.1) is 37.6 Å². The second-order valence-corrected chi connectivity index (χ2v) is 5.41. The Morgan fingerprint density at radius 1 is 1.36 bits per heavy atom. The molecular weight excluding hydrogens is 308 g/mol. The van der Waals surface area contributed by atoms with Crippen molar-refractivity contribution in [2.45, 2.75) is 18.9 Å². The highest BCUT2D eigenvalue weighted by atomic mass is 35.5. The number of ether oxygens (including phenoxy) is 3. The monoisotopic (exact) mass is 328 g/mol. The van der Waals surface area contributed by atoms with Crippen molar-refractivity contribution >= 4 is 23.2 Å². The maximum absolute atomic E-state index is 12.0. The molecule has 1 heterocycles. The molecule has 1 aromatic carbocycles. The van der Waals surface area contributed by atoms with Crippen LogP contribution in [0.2, 0.25) is 5.02 Å². The normalized spacial score (nSPS) is 17.3. The molecule has 0 radical (unpaired) electrons. The Labute approximate surface area is 135 Å². The molecule has 0 aliphatic carbocycles. The molecular formula is C15H21ClN2O4. The van der Waals surface area contributed by atoms with Crippen molar-refractivity contribution in [3.63, 3.8) is 0 Å². The van der Waals surface area contributed by atoms with E-state index in [9.17, 15) is 4.79 Å². The van der Waals surface area contributed by atoms with Crippen LogP contribution in [0.3, 0.4) is 0 Å². The van der Waals surface area contributed by atoms with E-state index in [1.54, 1.807) is 12.1 Å². The number of amides is 1. The third-order valence-corrected chi connectivity index (χ3v) is 3.72. The first-order valence-corrected chi connectivity index (χ1v) is 7.55. The van der Waals surface area contributed by atoms with Gasteiger partial charge in [-0.1, -0.05) is 11.6 Å². The van der Waals surface area contributed by atoms with Crippen LogP contribution in [-0.4, -0.2) is 45.9 Å². The highest BCUT2D eigenvalue weighted by Crippen LogP contribution is 2.35. The number of hydrogen-bond acceptors (Lipinski definition) is 5. The zero-order chi connectivity index (χ0) is 15.9. The van der Waals surface area contributed by atoms with Gasteiger partial charge in [0.1, 0.15) is 11.5 Å². The summed E-state index contributed by atoms with van der Waals surface area (Å²) in [5.74, 6) is 0.819. The Morgan fingerprint density at radius 2 is 2.14 bits per heavy atom. The minimum Gasteiger partial charge on any atom is -0.495 e. The molecule has 1 fully saturated rings. The predicted molar refractivity (Wildman–Crippen MR) is 85.0 cm³/mol. The zero-order valence-corrected chi connectivity index (χ0v) is 13.5. The van der Waals surface area contributed by atoms with E-state index in [0.717, 1.165) is 19.4 Å². The Balaban J connectivity index is 1.88. The van der Waals surface area contributed by atoms with E-state index in [4.69, 9.17) is 25.8 Å². The van der Waals surface area contributed by atoms with E-state index in [2.05, 4.69) is 10.6 Å². The fourth-order valence-corrected chi connectivity index (χ4v) is 2.54. The van der Waals surface area contributed by atoms with E-state index in [1.807, 2.05) is 0 Å². The average molecular weight is 329 g/mol. The summed E-state index contributed by atoms with van der Waals surface area (Å²) in [5, 5.41) is 6.27. The Kier molecular flexibility index (Phi) is 6.30. The summed E-state index contributed by atoms with van der Waals surface area (Å²) in [7, 11) is 3.04. The number of hydrogen-bond donors (Lipinski definition) is 2. The van der Waals surface area contributed by atoms with Gasteiger partial charge in [0.15, 0.2) is 0 Å². The summed E-state index contributed by atoms with van der Waals surface area (Å²) in [5.41, 5.74) is 0.511. The van der Waals surface area contributed by atoms with Gasteiger partial charge >= 0.3 is 0 Å². The molecule has 1 aromatic rings. The summed E-state index contributed by atoms with van der Waals surface area (Å²) in [4.78, 5) is 12.0. The van der Waals surface area contributed by atoms with Gasteiger partial charge in [0, 0.05) is 19.2 Å². The summed E-state index contributed by atoms with van der Waals surface area (Å²) in [6.07, 6.45) is 2.33. The van der Waals surface area contributed by atoms with Crippen LogP contribution < -0.4 is 20.1 Å². The summed E-state index contributed by atoms with van der Waals surface area (Å²) >= 11 is 6.07. The van der Waals surface area contributed by atoms with Crippen molar-refractivity contribution in [3.8, 4) is 11.5 Å². The molecule has 1 saturated heterocycles. The van der Waals surface area contributed by atoms with Gasteiger partial charge in [-0.25, -0.2) is 0 Å². The first kappa shape index (κ1) is 16.9. The van der Waals surface area contributed by atoms with E-state index in [1.165, 1.54) is 14.2 Å². The molecule has 0 bridgehead atoms. The van der Waals surface area contributed by atoms with E-state index in [0.29, 0.717) is 28.8 Å². The van der Waals surface area contributed by atoms with Crippen LogP contribution in [0, 0.1) is 0 Å². The number of anilines is 1. The highest BCUT2D eigenvalue weighted by Gasteiger charge is 2.16. The van der Waals surface area contributed by atoms with Crippen molar-refractivity contribution < 1.29 is 19.0 Å². The number of carbonyl (C=O) groups is 1. The smallest absolute Gasteiger partial charge is 0.238 e. The van der Waals surface area contributed by atoms with Crippen LogP contribution in [0.1, 0.15) is 12.8 Å². The SMILES string of the molecule is COc1cc(OC)c(NC(=O)CNCC2CCCO2)cc1Cl. The first-order valence-electron chi connectivity index (χ1n) is 7.17. The highest BCUT2D eigenvalue weighted by molar-refractivity contribution is 6.32. The Bertz CT molecular complexity index is 519. The number of nitrogens with one attached hydrogen (secondary N) is 2. The van der Waals surface area contributed by atoms with Crippen molar-refractivity contribution in [1.29, 1.82) is 0 Å². The quantitative estimate of drug-likeness (QED) is 0.802. The molecule has 2 N–H and O–H groups in total. The third kappa shape index (κ3) is 4.50. The van der Waals surface area contributed by atoms with Crippen LogP contribution in [0.5, 0.6) is 11.5 Å². The maximum atomic E-state index is 12.0. The summed E-state index contributed by atoms with van der Waals surface area (Å²) < 4.78 is 15.8. The minimum atomic E-state index is -0.169. The van der Waals surface area contributed by atoms with Gasteiger partial charge in [-0.05, 0) is 18.9 Å². The van der Waals surface area contributed by atoms with Crippen LogP contribution in [0.25, 0.3) is 0 Å². The van der Waals surface area contributed by atoms with Crippen molar-refractivity contribution in [2.75, 3.05) is 39.2 Å². The number of carbonyl (C=O) groups excluding carboxylic acids is 1. The molecule has 1 unspecified atom stereocenters. The van der Waals surface area contributed by atoms with Gasteiger partial charge in [0.2, 0.25) is 5.91 Å². The molecule has 1 atom stereocenters. The molecule has 22 heavy (non-hydrogen) atoms. The fourth-order valence-electron chi connectivity index (χ4n) is 2.30. The summed E-state index contributed by atoms with van der Waals surface area (Å²) in [6.45, 7) is 1.68. The van der Waals surface area contributed by atoms with Crippen LogP contribution >= 0.6 is 11.6 Å². The topological polar surface area (TPSA) is 68.8 Å². The minimum absolute atomic E-state index is 0.169. The maximum Gasteiger partial charge on any atom is 0.238 e.